The molecule has 0 spiro atoms. The summed E-state index contributed by atoms with van der Waals surface area (Å²) in [6, 6.07) is 9.79. The topological polar surface area (TPSA) is 52.1 Å². The Bertz CT molecular complexity index is 862. The van der Waals surface area contributed by atoms with Crippen molar-refractivity contribution in [2.45, 2.75) is 12.3 Å². The Morgan fingerprint density at radius 2 is 2.14 bits per heavy atom. The van der Waals surface area contributed by atoms with Gasteiger partial charge in [-0.25, -0.2) is 4.39 Å². The summed E-state index contributed by atoms with van der Waals surface area (Å²) in [5.41, 5.74) is 3.04. The van der Waals surface area contributed by atoms with Gasteiger partial charge in [0.1, 0.15) is 22.6 Å². The van der Waals surface area contributed by atoms with E-state index in [9.17, 15) is 9.18 Å². The van der Waals surface area contributed by atoms with Crippen LogP contribution in [0.4, 0.5) is 4.39 Å². The first kappa shape index (κ1) is 12.4. The van der Waals surface area contributed by atoms with Crippen LogP contribution in [0.15, 0.2) is 36.4 Å². The molecule has 2 heterocycles. The van der Waals surface area contributed by atoms with Gasteiger partial charge in [-0.3, -0.25) is 4.79 Å². The van der Waals surface area contributed by atoms with Crippen LogP contribution in [0.25, 0.3) is 11.0 Å². The first-order chi connectivity index (χ1) is 10.2. The molecule has 1 aliphatic rings. The number of fused-ring (bicyclic) bond motifs is 3. The number of nitrogens with zero attached hydrogens (tertiary/aromatic N) is 2. The third kappa shape index (κ3) is 1.99. The molecule has 0 radical (unpaired) electrons. The van der Waals surface area contributed by atoms with Gasteiger partial charge in [0.2, 0.25) is 0 Å². The predicted molar refractivity (Wildman–Crippen MR) is 75.9 cm³/mol. The highest BCUT2D eigenvalue weighted by Gasteiger charge is 2.31. The van der Waals surface area contributed by atoms with Crippen molar-refractivity contribution < 1.29 is 13.9 Å². The Labute approximate surface area is 123 Å². The van der Waals surface area contributed by atoms with E-state index in [-0.39, 0.29) is 24.1 Å². The summed E-state index contributed by atoms with van der Waals surface area (Å²) in [7, 11) is 0. The van der Waals surface area contributed by atoms with Crippen molar-refractivity contribution in [1.82, 2.24) is 8.75 Å². The SMILES string of the molecule is O=C1C[C@H](c2cccc(F)c2)c2c(ccc3nsnc23)O1. The number of rotatable bonds is 1. The summed E-state index contributed by atoms with van der Waals surface area (Å²) >= 11 is 1.11. The van der Waals surface area contributed by atoms with E-state index in [0.717, 1.165) is 33.9 Å². The van der Waals surface area contributed by atoms with Crippen LogP contribution in [0.1, 0.15) is 23.5 Å². The normalized spacial score (nSPS) is 17.6. The highest BCUT2D eigenvalue weighted by Crippen LogP contribution is 2.42. The molecule has 0 N–H and O–H groups in total. The van der Waals surface area contributed by atoms with Gasteiger partial charge in [-0.05, 0) is 29.8 Å². The van der Waals surface area contributed by atoms with E-state index in [1.54, 1.807) is 18.2 Å². The Balaban J connectivity index is 1.97. The quantitative estimate of drug-likeness (QED) is 0.511. The molecule has 1 atom stereocenters. The minimum Gasteiger partial charge on any atom is -0.426 e. The molecule has 0 saturated heterocycles. The van der Waals surface area contributed by atoms with Gasteiger partial charge in [0.25, 0.3) is 0 Å². The van der Waals surface area contributed by atoms with Crippen molar-refractivity contribution in [2.24, 2.45) is 0 Å². The second-order valence-corrected chi connectivity index (χ2v) is 5.42. The van der Waals surface area contributed by atoms with Crippen molar-refractivity contribution in [3.05, 3.63) is 53.3 Å². The maximum Gasteiger partial charge on any atom is 0.312 e. The number of hydrogen-bond acceptors (Lipinski definition) is 5. The molecule has 0 saturated carbocycles. The molecule has 0 bridgehead atoms. The van der Waals surface area contributed by atoms with Crippen molar-refractivity contribution in [3.63, 3.8) is 0 Å². The van der Waals surface area contributed by atoms with Crippen molar-refractivity contribution in [2.75, 3.05) is 0 Å². The minimum atomic E-state index is -0.323. The highest BCUT2D eigenvalue weighted by atomic mass is 32.1. The number of ether oxygens (including phenoxy) is 1. The average molecular weight is 300 g/mol. The lowest BCUT2D eigenvalue weighted by Gasteiger charge is -2.24. The summed E-state index contributed by atoms with van der Waals surface area (Å²) in [6.45, 7) is 0. The molecule has 1 aliphatic heterocycles. The smallest absolute Gasteiger partial charge is 0.312 e. The number of hydrogen-bond donors (Lipinski definition) is 0. The second-order valence-electron chi connectivity index (χ2n) is 4.90. The number of esters is 1. The van der Waals surface area contributed by atoms with Crippen molar-refractivity contribution in [1.29, 1.82) is 0 Å². The molecule has 21 heavy (non-hydrogen) atoms. The van der Waals surface area contributed by atoms with Crippen molar-refractivity contribution in [3.8, 4) is 5.75 Å². The number of aromatic nitrogens is 2. The van der Waals surface area contributed by atoms with Crippen LogP contribution in [0, 0.1) is 5.82 Å². The van der Waals surface area contributed by atoms with E-state index < -0.39 is 0 Å². The number of carbonyl (C=O) groups is 1. The van der Waals surface area contributed by atoms with Gasteiger partial charge in [0, 0.05) is 11.5 Å². The van der Waals surface area contributed by atoms with E-state index in [4.69, 9.17) is 4.74 Å². The maximum atomic E-state index is 13.5. The molecule has 6 heteroatoms. The zero-order valence-electron chi connectivity index (χ0n) is 10.7. The van der Waals surface area contributed by atoms with Crippen LogP contribution >= 0.6 is 11.7 Å². The predicted octanol–water partition coefficient (Wildman–Crippen LogP) is 3.27. The molecule has 1 aromatic heterocycles. The summed E-state index contributed by atoms with van der Waals surface area (Å²) < 4.78 is 27.3. The van der Waals surface area contributed by atoms with Gasteiger partial charge < -0.3 is 4.74 Å². The fourth-order valence-corrected chi connectivity index (χ4v) is 3.27. The third-order valence-electron chi connectivity index (χ3n) is 3.62. The van der Waals surface area contributed by atoms with Gasteiger partial charge in [-0.15, -0.1) is 0 Å². The molecular weight excluding hydrogens is 291 g/mol. The van der Waals surface area contributed by atoms with Gasteiger partial charge in [0.05, 0.1) is 18.1 Å². The fraction of sp³-hybridized carbons (Fsp3) is 0.133. The Hall–Kier alpha value is -2.34. The molecule has 3 aromatic rings. The maximum absolute atomic E-state index is 13.5. The van der Waals surface area contributed by atoms with Crippen molar-refractivity contribution >= 4 is 28.7 Å². The van der Waals surface area contributed by atoms with Gasteiger partial charge in [-0.2, -0.15) is 8.75 Å². The molecule has 0 aliphatic carbocycles. The van der Waals surface area contributed by atoms with Crippen LogP contribution in [-0.2, 0) is 4.79 Å². The zero-order chi connectivity index (χ0) is 14.4. The Morgan fingerprint density at radius 1 is 1.24 bits per heavy atom. The zero-order valence-corrected chi connectivity index (χ0v) is 11.6. The molecule has 4 nitrogen and oxygen atoms in total. The van der Waals surface area contributed by atoms with E-state index in [0.29, 0.717) is 5.75 Å². The van der Waals surface area contributed by atoms with Crippen LogP contribution < -0.4 is 4.74 Å². The van der Waals surface area contributed by atoms with Gasteiger partial charge >= 0.3 is 5.97 Å². The van der Waals surface area contributed by atoms with Gasteiger partial charge in [0.15, 0.2) is 0 Å². The van der Waals surface area contributed by atoms with Crippen LogP contribution in [-0.4, -0.2) is 14.7 Å². The van der Waals surface area contributed by atoms with E-state index >= 15 is 0 Å². The molecule has 2 aromatic carbocycles. The standard InChI is InChI=1S/C15H9FN2O2S/c16-9-3-1-2-8(6-9)10-7-13(19)20-12-5-4-11-15(14(10)12)18-21-17-11/h1-6,10H,7H2/t10-/m1/s1. The van der Waals surface area contributed by atoms with E-state index in [1.807, 2.05) is 6.07 Å². The molecule has 0 unspecified atom stereocenters. The Morgan fingerprint density at radius 3 is 3.00 bits per heavy atom. The van der Waals surface area contributed by atoms with Crippen LogP contribution in [0.2, 0.25) is 0 Å². The first-order valence-corrected chi connectivity index (χ1v) is 7.17. The molecule has 0 amide bonds. The lowest BCUT2D eigenvalue weighted by Crippen LogP contribution is -2.21. The summed E-state index contributed by atoms with van der Waals surface area (Å²) in [6.07, 6.45) is 0.174. The summed E-state index contributed by atoms with van der Waals surface area (Å²) in [5, 5.41) is 0. The average Bonchev–Trinajstić information content (AvgIpc) is 2.94. The molecule has 0 fully saturated rings. The minimum absolute atomic E-state index is 0.174. The summed E-state index contributed by atoms with van der Waals surface area (Å²) in [5.74, 6) is -0.416. The number of halogens is 1. The lowest BCUT2D eigenvalue weighted by atomic mass is 9.85. The third-order valence-corrected chi connectivity index (χ3v) is 4.16. The Kier molecular flexibility index (Phi) is 2.71. The highest BCUT2D eigenvalue weighted by molar-refractivity contribution is 7.00. The summed E-state index contributed by atoms with van der Waals surface area (Å²) in [4.78, 5) is 11.8. The fourth-order valence-electron chi connectivity index (χ4n) is 2.72. The van der Waals surface area contributed by atoms with Gasteiger partial charge in [-0.1, -0.05) is 12.1 Å². The van der Waals surface area contributed by atoms with E-state index in [2.05, 4.69) is 8.75 Å². The monoisotopic (exact) mass is 300 g/mol. The molecular formula is C15H9FN2O2S. The number of carbonyl (C=O) groups excluding carboxylic acids is 1. The molecule has 104 valence electrons. The largest absolute Gasteiger partial charge is 0.426 e. The lowest BCUT2D eigenvalue weighted by molar-refractivity contribution is -0.135. The van der Waals surface area contributed by atoms with Crippen LogP contribution in [0.3, 0.4) is 0 Å². The molecule has 4 rings (SSSR count). The second kappa shape index (κ2) is 4.60. The first-order valence-electron chi connectivity index (χ1n) is 6.43. The van der Waals surface area contributed by atoms with E-state index in [1.165, 1.54) is 12.1 Å². The number of benzene rings is 2. The van der Waals surface area contributed by atoms with Crippen LogP contribution in [0.5, 0.6) is 5.75 Å².